The molecule has 1 radical (unpaired) electrons. The summed E-state index contributed by atoms with van der Waals surface area (Å²) in [4.78, 5) is 16.8. The van der Waals surface area contributed by atoms with E-state index in [0.717, 1.165) is 5.69 Å². The molecule has 47 valence electrons. The molecule has 0 bridgehead atoms. The third-order valence-corrected chi connectivity index (χ3v) is 1.28. The highest BCUT2D eigenvalue weighted by atomic mass is 16.1. The van der Waals surface area contributed by atoms with Crippen molar-refractivity contribution >= 4 is 0 Å². The molecule has 0 aromatic carbocycles. The van der Waals surface area contributed by atoms with E-state index in [0.29, 0.717) is 5.56 Å². The number of aromatic amines is 1. The molecule has 1 heterocycles. The molecule has 0 saturated carbocycles. The molecule has 3 heteroatoms. The number of hydrogen-bond acceptors (Lipinski definition) is 2. The average Bonchev–Trinajstić information content (AvgIpc) is 1.83. The molecule has 0 fully saturated rings. The van der Waals surface area contributed by atoms with E-state index < -0.39 is 0 Å². The van der Waals surface area contributed by atoms with Gasteiger partial charge in [0.05, 0.1) is 0 Å². The third-order valence-electron chi connectivity index (χ3n) is 1.28. The van der Waals surface area contributed by atoms with Gasteiger partial charge in [0, 0.05) is 11.3 Å². The van der Waals surface area contributed by atoms with Crippen LogP contribution in [0.25, 0.3) is 0 Å². The van der Waals surface area contributed by atoms with E-state index in [2.05, 4.69) is 16.3 Å². The van der Waals surface area contributed by atoms with E-state index in [9.17, 15) is 4.79 Å². The molecular formula is C6H7N2O. The molecule has 0 spiro atoms. The lowest BCUT2D eigenvalue weighted by Gasteiger charge is -1.92. The van der Waals surface area contributed by atoms with Crippen LogP contribution in [-0.2, 0) is 0 Å². The number of H-pyrrole nitrogens is 1. The van der Waals surface area contributed by atoms with Crippen LogP contribution in [0.2, 0.25) is 0 Å². The Labute approximate surface area is 52.8 Å². The zero-order chi connectivity index (χ0) is 6.85. The molecule has 1 N–H and O–H groups in total. The maximum absolute atomic E-state index is 10.7. The van der Waals surface area contributed by atoms with Crippen molar-refractivity contribution in [2.45, 2.75) is 13.8 Å². The van der Waals surface area contributed by atoms with Gasteiger partial charge >= 0.3 is 0 Å². The Morgan fingerprint density at radius 3 is 2.67 bits per heavy atom. The fourth-order valence-corrected chi connectivity index (χ4v) is 0.501. The van der Waals surface area contributed by atoms with Gasteiger partial charge in [0.1, 0.15) is 0 Å². The Kier molecular flexibility index (Phi) is 1.34. The van der Waals surface area contributed by atoms with Gasteiger partial charge in [-0.05, 0) is 13.8 Å². The van der Waals surface area contributed by atoms with Crippen molar-refractivity contribution in [2.75, 3.05) is 0 Å². The molecule has 0 amide bonds. The number of aryl methyl sites for hydroxylation is 1. The lowest BCUT2D eigenvalue weighted by molar-refractivity contribution is 1.01. The zero-order valence-corrected chi connectivity index (χ0v) is 5.36. The number of nitrogens with zero attached hydrogens (tertiary/aromatic N) is 1. The van der Waals surface area contributed by atoms with Gasteiger partial charge < -0.3 is 4.98 Å². The van der Waals surface area contributed by atoms with Gasteiger partial charge in [-0.25, -0.2) is 0 Å². The van der Waals surface area contributed by atoms with Gasteiger partial charge in [-0.1, -0.05) is 0 Å². The van der Waals surface area contributed by atoms with Crippen LogP contribution in [0.4, 0.5) is 0 Å². The molecule has 0 saturated heterocycles. The van der Waals surface area contributed by atoms with Crippen LogP contribution in [0, 0.1) is 20.2 Å². The van der Waals surface area contributed by atoms with Crippen molar-refractivity contribution in [3.63, 3.8) is 0 Å². The predicted octanol–water partition coefficient (Wildman–Crippen LogP) is 0.187. The highest BCUT2D eigenvalue weighted by molar-refractivity contribution is 5.10. The zero-order valence-electron chi connectivity index (χ0n) is 5.36. The maximum atomic E-state index is 10.7. The van der Waals surface area contributed by atoms with Gasteiger partial charge in [0.15, 0.2) is 6.33 Å². The summed E-state index contributed by atoms with van der Waals surface area (Å²) < 4.78 is 0. The van der Waals surface area contributed by atoms with E-state index in [1.807, 2.05) is 6.92 Å². The van der Waals surface area contributed by atoms with Crippen LogP contribution in [0.15, 0.2) is 4.79 Å². The highest BCUT2D eigenvalue weighted by Gasteiger charge is 1.94. The average molecular weight is 123 g/mol. The molecular weight excluding hydrogens is 116 g/mol. The minimum Gasteiger partial charge on any atom is -0.340 e. The summed E-state index contributed by atoms with van der Waals surface area (Å²) in [6.45, 7) is 3.55. The second-order valence-corrected chi connectivity index (χ2v) is 1.90. The lowest BCUT2D eigenvalue weighted by atomic mass is 10.3. The Balaban J connectivity index is 3.43. The quantitative estimate of drug-likeness (QED) is 0.535. The topological polar surface area (TPSA) is 45.8 Å². The SMILES string of the molecule is Cc1[nH][c]nc(=O)c1C. The molecule has 3 nitrogen and oxygen atoms in total. The number of nitrogens with one attached hydrogen (secondary N) is 1. The second kappa shape index (κ2) is 2.01. The number of rotatable bonds is 0. The van der Waals surface area contributed by atoms with Gasteiger partial charge in [-0.15, -0.1) is 0 Å². The summed E-state index contributed by atoms with van der Waals surface area (Å²) in [6, 6.07) is 0. The molecule has 0 aliphatic carbocycles. The standard InChI is InChI=1S/C6H7N2O/c1-4-5(2)7-3-8-6(4)9/h1-2H3,(H,7,8,9). The molecule has 0 aliphatic rings. The maximum Gasteiger partial charge on any atom is 0.276 e. The van der Waals surface area contributed by atoms with E-state index in [-0.39, 0.29) is 5.56 Å². The second-order valence-electron chi connectivity index (χ2n) is 1.90. The van der Waals surface area contributed by atoms with Crippen molar-refractivity contribution in [3.05, 3.63) is 27.9 Å². The summed E-state index contributed by atoms with van der Waals surface area (Å²) in [5.74, 6) is 0. The van der Waals surface area contributed by atoms with Gasteiger partial charge in [-0.3, -0.25) is 4.79 Å². The highest BCUT2D eigenvalue weighted by Crippen LogP contribution is 1.89. The number of aromatic nitrogens is 2. The summed E-state index contributed by atoms with van der Waals surface area (Å²) in [6.07, 6.45) is 2.38. The minimum atomic E-state index is -0.203. The van der Waals surface area contributed by atoms with Crippen molar-refractivity contribution in [1.29, 1.82) is 0 Å². The van der Waals surface area contributed by atoms with Crippen LogP contribution in [-0.4, -0.2) is 9.97 Å². The van der Waals surface area contributed by atoms with E-state index in [1.54, 1.807) is 6.92 Å². The van der Waals surface area contributed by atoms with Crippen LogP contribution >= 0.6 is 0 Å². The van der Waals surface area contributed by atoms with E-state index >= 15 is 0 Å². The summed E-state index contributed by atoms with van der Waals surface area (Å²) >= 11 is 0. The molecule has 0 unspecified atom stereocenters. The molecule has 1 rings (SSSR count). The van der Waals surface area contributed by atoms with Gasteiger partial charge in [-0.2, -0.15) is 4.98 Å². The van der Waals surface area contributed by atoms with Gasteiger partial charge in [0.25, 0.3) is 5.56 Å². The first kappa shape index (κ1) is 6.01. The molecule has 0 atom stereocenters. The summed E-state index contributed by atoms with van der Waals surface area (Å²) in [5, 5.41) is 0. The van der Waals surface area contributed by atoms with Gasteiger partial charge in [0.2, 0.25) is 0 Å². The lowest BCUT2D eigenvalue weighted by Crippen LogP contribution is -2.11. The number of hydrogen-bond donors (Lipinski definition) is 1. The largest absolute Gasteiger partial charge is 0.340 e. The molecule has 1 aromatic heterocycles. The molecule has 0 aliphatic heterocycles. The van der Waals surface area contributed by atoms with Crippen molar-refractivity contribution in [3.8, 4) is 0 Å². The Morgan fingerprint density at radius 1 is 1.56 bits per heavy atom. The molecule has 9 heavy (non-hydrogen) atoms. The van der Waals surface area contributed by atoms with Crippen molar-refractivity contribution < 1.29 is 0 Å². The minimum absolute atomic E-state index is 0.203. The van der Waals surface area contributed by atoms with Crippen LogP contribution in [0.1, 0.15) is 11.3 Å². The van der Waals surface area contributed by atoms with Crippen LogP contribution < -0.4 is 5.56 Å². The van der Waals surface area contributed by atoms with Crippen molar-refractivity contribution in [1.82, 2.24) is 9.97 Å². The normalized spacial score (nSPS) is 9.56. The Bertz CT molecular complexity index is 264. The first-order valence-electron chi connectivity index (χ1n) is 2.65. The third kappa shape index (κ3) is 0.988. The fourth-order valence-electron chi connectivity index (χ4n) is 0.501. The first-order valence-corrected chi connectivity index (χ1v) is 2.65. The molecule has 1 aromatic rings. The first-order chi connectivity index (χ1) is 4.22. The monoisotopic (exact) mass is 123 g/mol. The van der Waals surface area contributed by atoms with E-state index in [4.69, 9.17) is 0 Å². The van der Waals surface area contributed by atoms with Crippen molar-refractivity contribution in [2.24, 2.45) is 0 Å². The Hall–Kier alpha value is -1.12. The van der Waals surface area contributed by atoms with E-state index in [1.165, 1.54) is 0 Å². The van der Waals surface area contributed by atoms with Crippen LogP contribution in [0.3, 0.4) is 0 Å². The van der Waals surface area contributed by atoms with Crippen LogP contribution in [0.5, 0.6) is 0 Å². The predicted molar refractivity (Wildman–Crippen MR) is 33.2 cm³/mol. The summed E-state index contributed by atoms with van der Waals surface area (Å²) in [5.41, 5.74) is 1.29. The fraction of sp³-hybridized carbons (Fsp3) is 0.333. The summed E-state index contributed by atoms with van der Waals surface area (Å²) in [7, 11) is 0. The Morgan fingerprint density at radius 2 is 2.22 bits per heavy atom. The smallest absolute Gasteiger partial charge is 0.276 e.